The summed E-state index contributed by atoms with van der Waals surface area (Å²) in [7, 11) is 0. The van der Waals surface area contributed by atoms with Crippen LogP contribution in [0.5, 0.6) is 0 Å². The molecule has 0 saturated carbocycles. The number of aromatic nitrogens is 1. The van der Waals surface area contributed by atoms with Crippen molar-refractivity contribution >= 4 is 5.97 Å². The zero-order valence-electron chi connectivity index (χ0n) is 15.6. The molecule has 0 aliphatic rings. The summed E-state index contributed by atoms with van der Waals surface area (Å²) in [6.07, 6.45) is 7.83. The fourth-order valence-corrected chi connectivity index (χ4v) is 2.82. The Morgan fingerprint density at radius 3 is 2.36 bits per heavy atom. The molecule has 0 N–H and O–H groups in total. The molecule has 134 valence electrons. The quantitative estimate of drug-likeness (QED) is 0.435. The summed E-state index contributed by atoms with van der Waals surface area (Å²) >= 11 is 0. The van der Waals surface area contributed by atoms with E-state index in [1.807, 2.05) is 19.9 Å². The lowest BCUT2D eigenvalue weighted by Gasteiger charge is -2.17. The van der Waals surface area contributed by atoms with Crippen LogP contribution in [0.2, 0.25) is 0 Å². The van der Waals surface area contributed by atoms with E-state index in [4.69, 9.17) is 4.74 Å². The first-order valence-corrected chi connectivity index (χ1v) is 9.42. The predicted molar refractivity (Wildman–Crippen MR) is 102 cm³/mol. The zero-order chi connectivity index (χ0) is 18.1. The lowest BCUT2D eigenvalue weighted by molar-refractivity contribution is 0.0287. The van der Waals surface area contributed by atoms with Crippen molar-refractivity contribution in [2.45, 2.75) is 65.4 Å². The lowest BCUT2D eigenvalue weighted by atomic mass is 10.0. The van der Waals surface area contributed by atoms with E-state index < -0.39 is 0 Å². The minimum absolute atomic E-state index is 0.219. The van der Waals surface area contributed by atoms with Gasteiger partial charge in [-0.3, -0.25) is 4.98 Å². The Hall–Kier alpha value is -2.16. The SMILES string of the molecule is CCCCCc1ccc(C(CC)OC(=O)c2ccc(CC)nc2)cc1. The molecule has 0 amide bonds. The summed E-state index contributed by atoms with van der Waals surface area (Å²) in [6, 6.07) is 12.1. The summed E-state index contributed by atoms with van der Waals surface area (Å²) in [5.41, 5.74) is 3.88. The van der Waals surface area contributed by atoms with E-state index in [-0.39, 0.29) is 12.1 Å². The number of benzene rings is 1. The van der Waals surface area contributed by atoms with Crippen LogP contribution in [-0.2, 0) is 17.6 Å². The standard InChI is InChI=1S/C22H29NO2/c1-4-7-8-9-17-10-12-18(13-11-17)21(6-3)25-22(24)19-14-15-20(5-2)23-16-19/h10-16,21H,4-9H2,1-3H3. The van der Waals surface area contributed by atoms with Gasteiger partial charge in [0.2, 0.25) is 0 Å². The smallest absolute Gasteiger partial charge is 0.340 e. The molecule has 2 rings (SSSR count). The Labute approximate surface area is 151 Å². The van der Waals surface area contributed by atoms with Gasteiger partial charge in [-0.1, -0.05) is 57.9 Å². The largest absolute Gasteiger partial charge is 0.454 e. The molecule has 2 aromatic rings. The number of carbonyl (C=O) groups is 1. The highest BCUT2D eigenvalue weighted by molar-refractivity contribution is 5.89. The minimum Gasteiger partial charge on any atom is -0.454 e. The van der Waals surface area contributed by atoms with Crippen LogP contribution in [-0.4, -0.2) is 11.0 Å². The summed E-state index contributed by atoms with van der Waals surface area (Å²) in [6.45, 7) is 6.29. The van der Waals surface area contributed by atoms with Crippen molar-refractivity contribution in [3.05, 3.63) is 65.0 Å². The van der Waals surface area contributed by atoms with Gasteiger partial charge in [0.05, 0.1) is 5.56 Å². The van der Waals surface area contributed by atoms with Crippen molar-refractivity contribution in [2.24, 2.45) is 0 Å². The van der Waals surface area contributed by atoms with Gasteiger partial charge in [0.25, 0.3) is 0 Å². The topological polar surface area (TPSA) is 39.2 Å². The second-order valence-corrected chi connectivity index (χ2v) is 6.39. The van der Waals surface area contributed by atoms with Crippen molar-refractivity contribution < 1.29 is 9.53 Å². The van der Waals surface area contributed by atoms with Crippen molar-refractivity contribution in [2.75, 3.05) is 0 Å². The average molecular weight is 339 g/mol. The number of hydrogen-bond acceptors (Lipinski definition) is 3. The van der Waals surface area contributed by atoms with Crippen LogP contribution in [0.15, 0.2) is 42.6 Å². The maximum atomic E-state index is 12.4. The van der Waals surface area contributed by atoms with E-state index in [0.717, 1.165) is 30.5 Å². The first-order chi connectivity index (χ1) is 12.2. The molecule has 1 atom stereocenters. The molecule has 0 fully saturated rings. The normalized spacial score (nSPS) is 12.0. The molecule has 3 nitrogen and oxygen atoms in total. The molecule has 0 saturated heterocycles. The molecule has 1 heterocycles. The third kappa shape index (κ3) is 5.70. The van der Waals surface area contributed by atoms with Gasteiger partial charge in [0.15, 0.2) is 0 Å². The number of carbonyl (C=O) groups excluding carboxylic acids is 1. The maximum Gasteiger partial charge on any atom is 0.340 e. The summed E-state index contributed by atoms with van der Waals surface area (Å²) < 4.78 is 5.70. The number of aryl methyl sites for hydroxylation is 2. The first kappa shape index (κ1) is 19.2. The van der Waals surface area contributed by atoms with Crippen molar-refractivity contribution in [3.63, 3.8) is 0 Å². The third-order valence-electron chi connectivity index (χ3n) is 4.46. The predicted octanol–water partition coefficient (Wildman–Crippen LogP) is 5.68. The average Bonchev–Trinajstić information content (AvgIpc) is 2.67. The zero-order valence-corrected chi connectivity index (χ0v) is 15.6. The molecule has 0 aliphatic heterocycles. The molecule has 3 heteroatoms. The molecule has 25 heavy (non-hydrogen) atoms. The van der Waals surface area contributed by atoms with Crippen LogP contribution in [0, 0.1) is 0 Å². The monoisotopic (exact) mass is 339 g/mol. The van der Waals surface area contributed by atoms with Crippen LogP contribution in [0.25, 0.3) is 0 Å². The number of esters is 1. The number of hydrogen-bond donors (Lipinski definition) is 0. The van der Waals surface area contributed by atoms with Crippen LogP contribution < -0.4 is 0 Å². The van der Waals surface area contributed by atoms with E-state index >= 15 is 0 Å². The molecular formula is C22H29NO2. The van der Waals surface area contributed by atoms with Gasteiger partial charge in [-0.15, -0.1) is 0 Å². The highest BCUT2D eigenvalue weighted by atomic mass is 16.5. The van der Waals surface area contributed by atoms with Crippen LogP contribution in [0.3, 0.4) is 0 Å². The van der Waals surface area contributed by atoms with Crippen LogP contribution in [0.4, 0.5) is 0 Å². The van der Waals surface area contributed by atoms with E-state index in [0.29, 0.717) is 5.56 Å². The minimum atomic E-state index is -0.311. The summed E-state index contributed by atoms with van der Waals surface area (Å²) in [4.78, 5) is 16.6. The van der Waals surface area contributed by atoms with E-state index in [2.05, 4.69) is 36.2 Å². The summed E-state index contributed by atoms with van der Waals surface area (Å²) in [5, 5.41) is 0. The molecule has 1 aromatic carbocycles. The molecule has 0 radical (unpaired) electrons. The van der Waals surface area contributed by atoms with Crippen molar-refractivity contribution in [1.29, 1.82) is 0 Å². The molecule has 0 bridgehead atoms. The van der Waals surface area contributed by atoms with Crippen molar-refractivity contribution in [1.82, 2.24) is 4.98 Å². The Morgan fingerprint density at radius 1 is 1.04 bits per heavy atom. The van der Waals surface area contributed by atoms with Gasteiger partial charge in [-0.25, -0.2) is 4.79 Å². The molecule has 1 aromatic heterocycles. The molecule has 0 aliphatic carbocycles. The Morgan fingerprint density at radius 2 is 1.80 bits per heavy atom. The number of rotatable bonds is 9. The first-order valence-electron chi connectivity index (χ1n) is 9.42. The van der Waals surface area contributed by atoms with Gasteiger partial charge < -0.3 is 4.74 Å². The van der Waals surface area contributed by atoms with Gasteiger partial charge >= 0.3 is 5.97 Å². The Bertz CT molecular complexity index is 647. The molecule has 0 spiro atoms. The fraction of sp³-hybridized carbons (Fsp3) is 0.455. The second kappa shape index (κ2) is 9.97. The number of nitrogens with zero attached hydrogens (tertiary/aromatic N) is 1. The maximum absolute atomic E-state index is 12.4. The van der Waals surface area contributed by atoms with Gasteiger partial charge in [0, 0.05) is 11.9 Å². The van der Waals surface area contributed by atoms with Gasteiger partial charge in [-0.2, -0.15) is 0 Å². The van der Waals surface area contributed by atoms with Gasteiger partial charge in [0.1, 0.15) is 6.10 Å². The number of unbranched alkanes of at least 4 members (excludes halogenated alkanes) is 2. The Kier molecular flexibility index (Phi) is 7.65. The number of ether oxygens (including phenoxy) is 1. The van der Waals surface area contributed by atoms with Crippen molar-refractivity contribution in [3.8, 4) is 0 Å². The third-order valence-corrected chi connectivity index (χ3v) is 4.46. The van der Waals surface area contributed by atoms with Crippen LogP contribution in [0.1, 0.15) is 79.7 Å². The van der Waals surface area contributed by atoms with E-state index in [9.17, 15) is 4.79 Å². The fourth-order valence-electron chi connectivity index (χ4n) is 2.82. The van der Waals surface area contributed by atoms with Gasteiger partial charge in [-0.05, 0) is 48.9 Å². The lowest BCUT2D eigenvalue weighted by Crippen LogP contribution is -2.11. The van der Waals surface area contributed by atoms with E-state index in [1.54, 1.807) is 12.3 Å². The summed E-state index contributed by atoms with van der Waals surface area (Å²) in [5.74, 6) is -0.311. The number of pyridine rings is 1. The second-order valence-electron chi connectivity index (χ2n) is 6.39. The molecular weight excluding hydrogens is 310 g/mol. The van der Waals surface area contributed by atoms with Crippen LogP contribution >= 0.6 is 0 Å². The highest BCUT2D eigenvalue weighted by Gasteiger charge is 2.16. The molecule has 1 unspecified atom stereocenters. The Balaban J connectivity index is 1.99. The highest BCUT2D eigenvalue weighted by Crippen LogP contribution is 2.23. The van der Waals surface area contributed by atoms with E-state index in [1.165, 1.54) is 24.8 Å².